The summed E-state index contributed by atoms with van der Waals surface area (Å²) in [7, 11) is 0. The Kier molecular flexibility index (Phi) is 8.31. The molecular weight excluding hydrogens is 731 g/mol. The Labute approximate surface area is 355 Å². The Morgan fingerprint density at radius 3 is 1.75 bits per heavy atom. The van der Waals surface area contributed by atoms with Gasteiger partial charge in [-0.1, -0.05) is 111 Å². The van der Waals surface area contributed by atoms with Crippen molar-refractivity contribution in [1.29, 1.82) is 0 Å². The van der Waals surface area contributed by atoms with Gasteiger partial charge in [-0.2, -0.15) is 0 Å². The second kappa shape index (κ2) is 13.0. The smallest absolute Gasteiger partial charge is 0.297 e. The lowest BCUT2D eigenvalue weighted by Gasteiger charge is -2.43. The lowest BCUT2D eigenvalue weighted by atomic mass is 9.35. The average Bonchev–Trinajstić information content (AvgIpc) is 3.79. The summed E-state index contributed by atoms with van der Waals surface area (Å²) in [5.41, 5.74) is 20.9. The first-order valence-corrected chi connectivity index (χ1v) is 21.5. The van der Waals surface area contributed by atoms with Gasteiger partial charge in [0.05, 0.1) is 17.0 Å². The molecular formula is C55H55BN2O2. The van der Waals surface area contributed by atoms with Crippen LogP contribution in [0.25, 0.3) is 33.3 Å². The summed E-state index contributed by atoms with van der Waals surface area (Å²) >= 11 is 0. The predicted octanol–water partition coefficient (Wildman–Crippen LogP) is 13.7. The molecule has 300 valence electrons. The normalized spacial score (nSPS) is 13.9. The summed E-state index contributed by atoms with van der Waals surface area (Å²) in [5.74, 6) is 0.879. The van der Waals surface area contributed by atoms with E-state index in [-0.39, 0.29) is 23.0 Å². The van der Waals surface area contributed by atoms with E-state index in [0.29, 0.717) is 0 Å². The van der Waals surface area contributed by atoms with Gasteiger partial charge in [-0.25, -0.2) is 0 Å². The van der Waals surface area contributed by atoms with E-state index in [4.69, 9.17) is 8.83 Å². The third-order valence-electron chi connectivity index (χ3n) is 13.0. The van der Waals surface area contributed by atoms with Crippen LogP contribution in [-0.4, -0.2) is 6.71 Å². The van der Waals surface area contributed by atoms with E-state index in [0.717, 1.165) is 50.3 Å². The first-order chi connectivity index (χ1) is 28.4. The number of para-hydroxylation sites is 1. The van der Waals surface area contributed by atoms with Crippen LogP contribution in [0.1, 0.15) is 95.7 Å². The second-order valence-corrected chi connectivity index (χ2v) is 20.5. The summed E-state index contributed by atoms with van der Waals surface area (Å²) in [4.78, 5) is 5.05. The van der Waals surface area contributed by atoms with Gasteiger partial charge in [0.1, 0.15) is 16.9 Å². The molecule has 0 spiro atoms. The molecule has 60 heavy (non-hydrogen) atoms. The third kappa shape index (κ3) is 5.95. The maximum absolute atomic E-state index is 7.30. The maximum Gasteiger partial charge on any atom is 0.297 e. The minimum atomic E-state index is -0.120. The number of benzene rings is 6. The fourth-order valence-corrected chi connectivity index (χ4v) is 9.75. The Morgan fingerprint density at radius 1 is 0.500 bits per heavy atom. The molecule has 5 heteroatoms. The number of aryl methyl sites for hydroxylation is 3. The zero-order valence-corrected chi connectivity index (χ0v) is 37.3. The Balaban J connectivity index is 1.29. The quantitative estimate of drug-likeness (QED) is 0.167. The average molecular weight is 787 g/mol. The number of anilines is 6. The molecule has 2 aliphatic rings. The molecule has 10 rings (SSSR count). The van der Waals surface area contributed by atoms with Crippen LogP contribution in [0.3, 0.4) is 0 Å². The van der Waals surface area contributed by atoms with Gasteiger partial charge in [0.25, 0.3) is 6.71 Å². The number of hydrogen-bond donors (Lipinski definition) is 0. The van der Waals surface area contributed by atoms with Gasteiger partial charge >= 0.3 is 0 Å². The molecule has 0 unspecified atom stereocenters. The maximum atomic E-state index is 7.30. The van der Waals surface area contributed by atoms with E-state index in [1.807, 2.05) is 12.1 Å². The van der Waals surface area contributed by atoms with E-state index < -0.39 is 0 Å². The molecule has 0 N–H and O–H groups in total. The number of rotatable bonds is 3. The lowest BCUT2D eigenvalue weighted by molar-refractivity contribution is 0.590. The molecule has 8 aromatic rings. The van der Waals surface area contributed by atoms with E-state index in [1.165, 1.54) is 67.1 Å². The predicted molar refractivity (Wildman–Crippen MR) is 256 cm³/mol. The van der Waals surface area contributed by atoms with Crippen LogP contribution < -0.4 is 26.4 Å². The van der Waals surface area contributed by atoms with Crippen LogP contribution in [-0.2, 0) is 16.2 Å². The van der Waals surface area contributed by atoms with Gasteiger partial charge in [-0.3, -0.25) is 0 Å². The molecule has 0 aliphatic carbocycles. The number of fused-ring (bicyclic) bond motifs is 7. The second-order valence-electron chi connectivity index (χ2n) is 20.5. The minimum absolute atomic E-state index is 0.0400. The topological polar surface area (TPSA) is 32.8 Å². The molecule has 6 aromatic carbocycles. The first-order valence-electron chi connectivity index (χ1n) is 21.5. The van der Waals surface area contributed by atoms with Crippen molar-refractivity contribution in [3.63, 3.8) is 0 Å². The van der Waals surface area contributed by atoms with Crippen LogP contribution >= 0.6 is 0 Å². The van der Waals surface area contributed by atoms with Crippen LogP contribution in [0.15, 0.2) is 124 Å². The first kappa shape index (κ1) is 38.3. The molecule has 2 aliphatic heterocycles. The highest BCUT2D eigenvalue weighted by molar-refractivity contribution is 7.00. The third-order valence-corrected chi connectivity index (χ3v) is 13.0. The molecule has 0 fully saturated rings. The SMILES string of the molecule is Cc1cc2c3c(c1)N(c1c(C)cc(-c4cc5ccccc5o4)cc1C)c1c(oc4ccc(C(C)(C)C)cc14)B3c1cc(C(C)(C)C)ccc1N2c1ccc(C(C)(C)C)cc1. The Bertz CT molecular complexity index is 2980. The van der Waals surface area contributed by atoms with Gasteiger partial charge in [-0.15, -0.1) is 0 Å². The zero-order chi connectivity index (χ0) is 42.2. The fourth-order valence-electron chi connectivity index (χ4n) is 9.75. The standard InChI is InChI=1S/C55H55BN2O2/c1-32-25-44-49-45(26-32)58(50-33(2)27-36(28-34(50)3)48-29-35-15-13-14-16-46(35)59-48)51-41-30-38(54(7,8)9)20-24-47(41)60-52(51)56(49)42-31-39(55(10,11)12)19-23-43(42)57(44)40-21-17-37(18-22-40)53(4,5)6/h13-31H,1-12H3. The zero-order valence-electron chi connectivity index (χ0n) is 37.3. The van der Waals surface area contributed by atoms with Crippen molar-refractivity contribution in [3.05, 3.63) is 149 Å². The van der Waals surface area contributed by atoms with Gasteiger partial charge < -0.3 is 18.6 Å². The lowest BCUT2D eigenvalue weighted by Crippen LogP contribution is -2.61. The van der Waals surface area contributed by atoms with Crippen molar-refractivity contribution in [2.24, 2.45) is 0 Å². The molecule has 4 nitrogen and oxygen atoms in total. The highest BCUT2D eigenvalue weighted by Crippen LogP contribution is 2.50. The molecule has 0 amide bonds. The van der Waals surface area contributed by atoms with Crippen molar-refractivity contribution in [3.8, 4) is 11.3 Å². The number of furan rings is 2. The highest BCUT2D eigenvalue weighted by Gasteiger charge is 2.47. The van der Waals surface area contributed by atoms with Crippen molar-refractivity contribution in [1.82, 2.24) is 0 Å². The Hall–Kier alpha value is -5.94. The van der Waals surface area contributed by atoms with Gasteiger partial charge in [0.15, 0.2) is 0 Å². The monoisotopic (exact) mass is 786 g/mol. The van der Waals surface area contributed by atoms with E-state index in [9.17, 15) is 0 Å². The van der Waals surface area contributed by atoms with Crippen molar-refractivity contribution in [2.45, 2.75) is 99.3 Å². The van der Waals surface area contributed by atoms with Crippen LogP contribution in [0, 0.1) is 20.8 Å². The van der Waals surface area contributed by atoms with Crippen LogP contribution in [0.4, 0.5) is 34.1 Å². The van der Waals surface area contributed by atoms with Crippen LogP contribution in [0.5, 0.6) is 0 Å². The van der Waals surface area contributed by atoms with E-state index in [2.05, 4.69) is 196 Å². The summed E-state index contributed by atoms with van der Waals surface area (Å²) < 4.78 is 13.7. The van der Waals surface area contributed by atoms with E-state index in [1.54, 1.807) is 0 Å². The number of nitrogens with zero attached hydrogens (tertiary/aromatic N) is 2. The summed E-state index contributed by atoms with van der Waals surface area (Å²) in [6, 6.07) is 43.0. The minimum Gasteiger partial charge on any atom is -0.468 e. The largest absolute Gasteiger partial charge is 0.468 e. The van der Waals surface area contributed by atoms with Crippen molar-refractivity contribution >= 4 is 79.4 Å². The summed E-state index contributed by atoms with van der Waals surface area (Å²) in [6.07, 6.45) is 0. The number of hydrogen-bond acceptors (Lipinski definition) is 4. The van der Waals surface area contributed by atoms with Crippen LogP contribution in [0.2, 0.25) is 0 Å². The molecule has 0 bridgehead atoms. The van der Waals surface area contributed by atoms with Crippen molar-refractivity contribution < 1.29 is 8.83 Å². The molecule has 0 atom stereocenters. The fraction of sp³-hybridized carbons (Fsp3) is 0.273. The van der Waals surface area contributed by atoms with Gasteiger partial charge in [-0.05, 0) is 148 Å². The van der Waals surface area contributed by atoms with Gasteiger partial charge in [0, 0.05) is 39.1 Å². The molecule has 0 saturated carbocycles. The Morgan fingerprint density at radius 2 is 1.10 bits per heavy atom. The van der Waals surface area contributed by atoms with Gasteiger partial charge in [0.2, 0.25) is 0 Å². The molecule has 4 heterocycles. The van der Waals surface area contributed by atoms with Crippen molar-refractivity contribution in [2.75, 3.05) is 9.80 Å². The van der Waals surface area contributed by atoms with E-state index >= 15 is 0 Å². The summed E-state index contributed by atoms with van der Waals surface area (Å²) in [5, 5.41) is 2.25. The molecule has 0 saturated heterocycles. The summed E-state index contributed by atoms with van der Waals surface area (Å²) in [6.45, 7) is 27.3. The highest BCUT2D eigenvalue weighted by atomic mass is 16.3. The molecule has 2 aromatic heterocycles. The molecule has 0 radical (unpaired) electrons.